The van der Waals surface area contributed by atoms with Crippen LogP contribution >= 0.6 is 0 Å². The lowest BCUT2D eigenvalue weighted by Gasteiger charge is -2.14. The summed E-state index contributed by atoms with van der Waals surface area (Å²) in [4.78, 5) is 30.3. The number of carbonyl (C=O) groups excluding carboxylic acids is 2. The van der Waals surface area contributed by atoms with E-state index in [1.165, 1.54) is 0 Å². The zero-order valence-corrected chi connectivity index (χ0v) is 13.8. The number of fused-ring (bicyclic) bond motifs is 2. The van der Waals surface area contributed by atoms with E-state index in [1.54, 1.807) is 24.1 Å². The molecule has 2 heterocycles. The number of amides is 2. The van der Waals surface area contributed by atoms with Gasteiger partial charge in [0.15, 0.2) is 0 Å². The predicted molar refractivity (Wildman–Crippen MR) is 97.9 cm³/mol. The third-order valence-corrected chi connectivity index (χ3v) is 4.47. The van der Waals surface area contributed by atoms with E-state index in [1.807, 2.05) is 42.5 Å². The molecule has 124 valence electrons. The zero-order chi connectivity index (χ0) is 17.4. The molecule has 1 aliphatic rings. The van der Waals surface area contributed by atoms with Gasteiger partial charge in [0.2, 0.25) is 5.91 Å². The molecule has 2 amide bonds. The summed E-state index contributed by atoms with van der Waals surface area (Å²) in [6.45, 7) is 2.23. The lowest BCUT2D eigenvalue weighted by molar-refractivity contribution is -0.116. The van der Waals surface area contributed by atoms with Crippen molar-refractivity contribution in [2.75, 3.05) is 16.8 Å². The number of nitrogens with zero attached hydrogens (tertiary/aromatic N) is 2. The van der Waals surface area contributed by atoms with Gasteiger partial charge in [-0.15, -0.1) is 0 Å². The maximum atomic E-state index is 12.5. The highest BCUT2D eigenvalue weighted by Crippen LogP contribution is 2.29. The molecular weight excluding hydrogens is 314 g/mol. The van der Waals surface area contributed by atoms with Crippen LogP contribution < -0.4 is 10.2 Å². The van der Waals surface area contributed by atoms with Crippen molar-refractivity contribution in [3.8, 4) is 0 Å². The zero-order valence-electron chi connectivity index (χ0n) is 13.8. The van der Waals surface area contributed by atoms with Crippen molar-refractivity contribution in [3.63, 3.8) is 0 Å². The molecule has 3 aromatic rings. The summed E-state index contributed by atoms with van der Waals surface area (Å²) in [5.74, 6) is -0.153. The van der Waals surface area contributed by atoms with E-state index in [-0.39, 0.29) is 11.8 Å². The third-order valence-electron chi connectivity index (χ3n) is 4.47. The highest BCUT2D eigenvalue weighted by molar-refractivity contribution is 6.05. The molecule has 5 heteroatoms. The van der Waals surface area contributed by atoms with E-state index in [0.29, 0.717) is 17.8 Å². The highest BCUT2D eigenvalue weighted by atomic mass is 16.2. The summed E-state index contributed by atoms with van der Waals surface area (Å²) in [7, 11) is 0. The van der Waals surface area contributed by atoms with Gasteiger partial charge in [0.05, 0.1) is 17.4 Å². The fourth-order valence-electron chi connectivity index (χ4n) is 3.21. The number of benzene rings is 2. The fraction of sp³-hybridized carbons (Fsp3) is 0.150. The van der Waals surface area contributed by atoms with Crippen molar-refractivity contribution in [2.45, 2.75) is 13.3 Å². The van der Waals surface area contributed by atoms with E-state index in [4.69, 9.17) is 0 Å². The Kier molecular flexibility index (Phi) is 3.69. The molecular formula is C20H17N3O2. The summed E-state index contributed by atoms with van der Waals surface area (Å²) in [6.07, 6.45) is 2.43. The van der Waals surface area contributed by atoms with Gasteiger partial charge in [-0.3, -0.25) is 14.6 Å². The largest absolute Gasteiger partial charge is 0.321 e. The van der Waals surface area contributed by atoms with Crippen LogP contribution in [0.5, 0.6) is 0 Å². The van der Waals surface area contributed by atoms with Gasteiger partial charge in [-0.2, -0.15) is 0 Å². The van der Waals surface area contributed by atoms with Crippen LogP contribution in [0.15, 0.2) is 54.7 Å². The SMILES string of the molecule is CC(=O)N1CCc2cc(C(=O)Nc3cnc4ccccc4c3)ccc21. The Morgan fingerprint density at radius 2 is 1.96 bits per heavy atom. The molecule has 25 heavy (non-hydrogen) atoms. The van der Waals surface area contributed by atoms with Crippen molar-refractivity contribution in [2.24, 2.45) is 0 Å². The molecule has 0 atom stereocenters. The molecule has 0 spiro atoms. The number of nitrogens with one attached hydrogen (secondary N) is 1. The van der Waals surface area contributed by atoms with Crippen LogP contribution in [0.1, 0.15) is 22.8 Å². The van der Waals surface area contributed by atoms with Crippen molar-refractivity contribution < 1.29 is 9.59 Å². The van der Waals surface area contributed by atoms with Gasteiger partial charge < -0.3 is 10.2 Å². The second kappa shape index (κ2) is 6.02. The van der Waals surface area contributed by atoms with E-state index in [0.717, 1.165) is 28.6 Å². The van der Waals surface area contributed by atoms with Crippen LogP contribution in [0, 0.1) is 0 Å². The number of para-hydroxylation sites is 1. The molecule has 0 radical (unpaired) electrons. The van der Waals surface area contributed by atoms with E-state index >= 15 is 0 Å². The molecule has 4 rings (SSSR count). The van der Waals surface area contributed by atoms with Crippen molar-refractivity contribution in [1.29, 1.82) is 0 Å². The summed E-state index contributed by atoms with van der Waals surface area (Å²) < 4.78 is 0. The van der Waals surface area contributed by atoms with Gasteiger partial charge in [0, 0.05) is 30.1 Å². The second-order valence-electron chi connectivity index (χ2n) is 6.13. The van der Waals surface area contributed by atoms with Gasteiger partial charge in [-0.1, -0.05) is 18.2 Å². The van der Waals surface area contributed by atoms with Crippen molar-refractivity contribution in [3.05, 3.63) is 65.9 Å². The van der Waals surface area contributed by atoms with E-state index < -0.39 is 0 Å². The molecule has 0 saturated carbocycles. The van der Waals surface area contributed by atoms with Gasteiger partial charge in [-0.25, -0.2) is 0 Å². The molecule has 0 saturated heterocycles. The van der Waals surface area contributed by atoms with Crippen LogP contribution in [-0.2, 0) is 11.2 Å². The molecule has 0 aliphatic carbocycles. The highest BCUT2D eigenvalue weighted by Gasteiger charge is 2.23. The first kappa shape index (κ1) is 15.3. The smallest absolute Gasteiger partial charge is 0.255 e. The van der Waals surface area contributed by atoms with E-state index in [9.17, 15) is 9.59 Å². The lowest BCUT2D eigenvalue weighted by Crippen LogP contribution is -2.25. The topological polar surface area (TPSA) is 62.3 Å². The molecule has 0 unspecified atom stereocenters. The Morgan fingerprint density at radius 3 is 2.80 bits per heavy atom. The maximum absolute atomic E-state index is 12.5. The van der Waals surface area contributed by atoms with Crippen LogP contribution in [0.2, 0.25) is 0 Å². The second-order valence-corrected chi connectivity index (χ2v) is 6.13. The van der Waals surface area contributed by atoms with Gasteiger partial charge in [0.1, 0.15) is 0 Å². The molecule has 1 N–H and O–H groups in total. The number of rotatable bonds is 2. The van der Waals surface area contributed by atoms with Gasteiger partial charge >= 0.3 is 0 Å². The minimum absolute atomic E-state index is 0.0261. The third kappa shape index (κ3) is 2.85. The van der Waals surface area contributed by atoms with Gasteiger partial charge in [0.25, 0.3) is 5.91 Å². The number of hydrogen-bond donors (Lipinski definition) is 1. The fourth-order valence-corrected chi connectivity index (χ4v) is 3.21. The van der Waals surface area contributed by atoms with Crippen LogP contribution in [0.3, 0.4) is 0 Å². The summed E-state index contributed by atoms with van der Waals surface area (Å²) in [5, 5.41) is 3.87. The Morgan fingerprint density at radius 1 is 1.12 bits per heavy atom. The maximum Gasteiger partial charge on any atom is 0.255 e. The molecule has 0 fully saturated rings. The normalized spacial score (nSPS) is 12.9. The first-order valence-corrected chi connectivity index (χ1v) is 8.19. The van der Waals surface area contributed by atoms with E-state index in [2.05, 4.69) is 10.3 Å². The summed E-state index contributed by atoms with van der Waals surface area (Å²) in [5.41, 5.74) is 4.06. The first-order valence-electron chi connectivity index (χ1n) is 8.19. The average molecular weight is 331 g/mol. The number of pyridine rings is 1. The minimum atomic E-state index is -0.179. The number of carbonyl (C=O) groups is 2. The summed E-state index contributed by atoms with van der Waals surface area (Å²) in [6, 6.07) is 15.1. The molecule has 5 nitrogen and oxygen atoms in total. The Labute approximate surface area is 145 Å². The number of hydrogen-bond acceptors (Lipinski definition) is 3. The van der Waals surface area contributed by atoms with Gasteiger partial charge in [-0.05, 0) is 42.3 Å². The van der Waals surface area contributed by atoms with Crippen molar-refractivity contribution >= 4 is 34.1 Å². The van der Waals surface area contributed by atoms with Crippen LogP contribution in [0.4, 0.5) is 11.4 Å². The monoisotopic (exact) mass is 331 g/mol. The quantitative estimate of drug-likeness (QED) is 0.783. The lowest BCUT2D eigenvalue weighted by atomic mass is 10.1. The Hall–Kier alpha value is -3.21. The number of aromatic nitrogens is 1. The Bertz CT molecular complexity index is 997. The number of anilines is 2. The molecule has 0 bridgehead atoms. The predicted octanol–water partition coefficient (Wildman–Crippen LogP) is 3.40. The van der Waals surface area contributed by atoms with Crippen LogP contribution in [-0.4, -0.2) is 23.3 Å². The standard InChI is InChI=1S/C20H17N3O2/c1-13(24)23-9-8-15-10-16(6-7-19(15)23)20(25)22-17-11-14-4-2-3-5-18(14)21-12-17/h2-7,10-12H,8-9H2,1H3,(H,22,25). The van der Waals surface area contributed by atoms with Crippen molar-refractivity contribution in [1.82, 2.24) is 4.98 Å². The molecule has 1 aliphatic heterocycles. The Balaban J connectivity index is 1.58. The summed E-state index contributed by atoms with van der Waals surface area (Å²) >= 11 is 0. The van der Waals surface area contributed by atoms with Crippen LogP contribution in [0.25, 0.3) is 10.9 Å². The minimum Gasteiger partial charge on any atom is -0.321 e. The first-order chi connectivity index (χ1) is 12.1. The molecule has 1 aromatic heterocycles. The average Bonchev–Trinajstić information content (AvgIpc) is 3.05. The molecule has 2 aromatic carbocycles.